The van der Waals surface area contributed by atoms with Gasteiger partial charge in [-0.25, -0.2) is 4.79 Å². The Bertz CT molecular complexity index is 876. The second-order valence-electron chi connectivity index (χ2n) is 7.72. The van der Waals surface area contributed by atoms with Crippen molar-refractivity contribution in [2.45, 2.75) is 37.8 Å². The zero-order chi connectivity index (χ0) is 19.7. The number of fused-ring (bicyclic) bond motifs is 1. The van der Waals surface area contributed by atoms with Crippen molar-refractivity contribution in [3.05, 3.63) is 54.1 Å². The van der Waals surface area contributed by atoms with Crippen molar-refractivity contribution in [3.63, 3.8) is 0 Å². The van der Waals surface area contributed by atoms with Crippen molar-refractivity contribution < 1.29 is 19.4 Å². The maximum atomic E-state index is 13.0. The monoisotopic (exact) mass is 380 g/mol. The molecule has 6 heteroatoms. The van der Waals surface area contributed by atoms with E-state index in [2.05, 4.69) is 5.32 Å². The predicted molar refractivity (Wildman–Crippen MR) is 107 cm³/mol. The fraction of sp³-hybridized carbons (Fsp3) is 0.364. The van der Waals surface area contributed by atoms with E-state index in [0.717, 1.165) is 16.9 Å². The number of carbonyl (C=O) groups excluding carboxylic acids is 2. The third-order valence-electron chi connectivity index (χ3n) is 5.50. The van der Waals surface area contributed by atoms with Gasteiger partial charge in [-0.2, -0.15) is 0 Å². The number of para-hydroxylation sites is 2. The number of benzene rings is 2. The summed E-state index contributed by atoms with van der Waals surface area (Å²) >= 11 is 0. The first-order chi connectivity index (χ1) is 13.5. The normalized spacial score (nSPS) is 24.3. The molecule has 2 unspecified atom stereocenters. The van der Waals surface area contributed by atoms with Gasteiger partial charge in [0.2, 0.25) is 0 Å². The summed E-state index contributed by atoms with van der Waals surface area (Å²) in [5.41, 5.74) is 2.00. The summed E-state index contributed by atoms with van der Waals surface area (Å²) in [6.07, 6.45) is 1.42. The van der Waals surface area contributed by atoms with Gasteiger partial charge >= 0.3 is 5.97 Å². The van der Waals surface area contributed by atoms with E-state index in [1.165, 1.54) is 0 Å². The Morgan fingerprint density at radius 1 is 1.18 bits per heavy atom. The van der Waals surface area contributed by atoms with Crippen molar-refractivity contribution in [1.82, 2.24) is 0 Å². The molecule has 2 heterocycles. The number of ketones is 1. The van der Waals surface area contributed by atoms with Gasteiger partial charge in [-0.1, -0.05) is 24.3 Å². The summed E-state index contributed by atoms with van der Waals surface area (Å²) in [7, 11) is 0. The fourth-order valence-corrected chi connectivity index (χ4v) is 4.02. The second kappa shape index (κ2) is 7.19. The molecule has 146 valence electrons. The molecule has 4 rings (SSSR count). The van der Waals surface area contributed by atoms with Crippen LogP contribution in [-0.4, -0.2) is 41.6 Å². The van der Waals surface area contributed by atoms with E-state index in [1.54, 1.807) is 12.1 Å². The number of nitrogens with zero attached hydrogens (tertiary/aromatic N) is 1. The molecule has 0 radical (unpaired) electrons. The van der Waals surface area contributed by atoms with E-state index >= 15 is 0 Å². The summed E-state index contributed by atoms with van der Waals surface area (Å²) in [5.74, 6) is -0.351. The number of hydrogen-bond acceptors (Lipinski definition) is 6. The maximum absolute atomic E-state index is 13.0. The predicted octanol–water partition coefficient (Wildman–Crippen LogP) is 2.90. The molecule has 0 aromatic heterocycles. The van der Waals surface area contributed by atoms with Crippen LogP contribution in [-0.2, 0) is 20.7 Å². The lowest BCUT2D eigenvalue weighted by Gasteiger charge is -2.42. The number of ether oxygens (including phenoxy) is 1. The molecule has 2 N–H and O–H groups in total. The van der Waals surface area contributed by atoms with Gasteiger partial charge in [-0.15, -0.1) is 0 Å². The Balaban J connectivity index is 1.48. The topological polar surface area (TPSA) is 78.9 Å². The van der Waals surface area contributed by atoms with E-state index in [9.17, 15) is 14.7 Å². The van der Waals surface area contributed by atoms with Crippen LogP contribution in [0.5, 0.6) is 5.75 Å². The standard InChI is InChI=1S/C22H24N2O4/c1-22(11-10-15-6-8-16(25)9-7-15)14-19(26)20(21(27)28-22)24-13-12-23-17-4-2-3-5-18(17)24/h2-9,20,23,25H,10-14H2,1H3. The lowest BCUT2D eigenvalue weighted by molar-refractivity contribution is -0.171. The number of anilines is 2. The first kappa shape index (κ1) is 18.3. The summed E-state index contributed by atoms with van der Waals surface area (Å²) < 4.78 is 5.80. The number of rotatable bonds is 4. The first-order valence-corrected chi connectivity index (χ1v) is 9.58. The number of hydrogen-bond donors (Lipinski definition) is 2. The fourth-order valence-electron chi connectivity index (χ4n) is 4.02. The summed E-state index contributed by atoms with van der Waals surface area (Å²) in [6, 6.07) is 13.8. The highest BCUT2D eigenvalue weighted by Crippen LogP contribution is 2.35. The molecule has 2 atom stereocenters. The van der Waals surface area contributed by atoms with E-state index < -0.39 is 17.6 Å². The smallest absolute Gasteiger partial charge is 0.337 e. The number of nitrogens with one attached hydrogen (secondary N) is 1. The molecular weight excluding hydrogens is 356 g/mol. The van der Waals surface area contributed by atoms with Crippen molar-refractivity contribution in [1.29, 1.82) is 0 Å². The molecular formula is C22H24N2O4. The van der Waals surface area contributed by atoms with Crippen LogP contribution in [0.15, 0.2) is 48.5 Å². The van der Waals surface area contributed by atoms with Gasteiger partial charge in [0.15, 0.2) is 11.8 Å². The van der Waals surface area contributed by atoms with Crippen molar-refractivity contribution >= 4 is 23.1 Å². The van der Waals surface area contributed by atoms with Crippen molar-refractivity contribution in [2.24, 2.45) is 0 Å². The Morgan fingerprint density at radius 3 is 2.68 bits per heavy atom. The molecule has 6 nitrogen and oxygen atoms in total. The number of carbonyl (C=O) groups is 2. The van der Waals surface area contributed by atoms with E-state index in [4.69, 9.17) is 4.74 Å². The highest BCUT2D eigenvalue weighted by molar-refractivity contribution is 6.09. The molecule has 1 fully saturated rings. The van der Waals surface area contributed by atoms with Crippen LogP contribution in [0, 0.1) is 0 Å². The number of Topliss-reactive ketones (excluding diaryl/α,β-unsaturated/α-hetero) is 1. The van der Waals surface area contributed by atoms with Crippen LogP contribution in [0.2, 0.25) is 0 Å². The quantitative estimate of drug-likeness (QED) is 0.627. The highest BCUT2D eigenvalue weighted by atomic mass is 16.6. The van der Waals surface area contributed by atoms with Gasteiger partial charge in [0.25, 0.3) is 0 Å². The zero-order valence-electron chi connectivity index (χ0n) is 15.9. The highest BCUT2D eigenvalue weighted by Gasteiger charge is 2.47. The minimum Gasteiger partial charge on any atom is -0.508 e. The molecule has 2 aromatic rings. The average molecular weight is 380 g/mol. The molecule has 2 aromatic carbocycles. The molecule has 0 amide bonds. The lowest BCUT2D eigenvalue weighted by atomic mass is 9.86. The summed E-state index contributed by atoms with van der Waals surface area (Å²) in [5, 5.41) is 12.7. The Morgan fingerprint density at radius 2 is 1.93 bits per heavy atom. The van der Waals surface area contributed by atoms with Gasteiger partial charge in [0.1, 0.15) is 11.4 Å². The van der Waals surface area contributed by atoms with Crippen LogP contribution >= 0.6 is 0 Å². The largest absolute Gasteiger partial charge is 0.508 e. The molecule has 1 saturated heterocycles. The lowest BCUT2D eigenvalue weighted by Crippen LogP contribution is -2.58. The van der Waals surface area contributed by atoms with E-state index in [-0.39, 0.29) is 18.0 Å². The van der Waals surface area contributed by atoms with Crippen LogP contribution in [0.25, 0.3) is 0 Å². The summed E-state index contributed by atoms with van der Waals surface area (Å²) in [4.78, 5) is 27.7. The Hall–Kier alpha value is -3.02. The number of aromatic hydroxyl groups is 1. The van der Waals surface area contributed by atoms with E-state index in [0.29, 0.717) is 25.9 Å². The molecule has 0 saturated carbocycles. The molecule has 28 heavy (non-hydrogen) atoms. The Kier molecular flexibility index (Phi) is 4.71. The number of aryl methyl sites for hydroxylation is 1. The van der Waals surface area contributed by atoms with Gasteiger partial charge in [0, 0.05) is 19.5 Å². The number of esters is 1. The minimum absolute atomic E-state index is 0.0961. The second-order valence-corrected chi connectivity index (χ2v) is 7.72. The third-order valence-corrected chi connectivity index (χ3v) is 5.50. The first-order valence-electron chi connectivity index (χ1n) is 9.58. The van der Waals surface area contributed by atoms with Crippen LogP contribution < -0.4 is 10.2 Å². The molecule has 2 aliphatic heterocycles. The van der Waals surface area contributed by atoms with Crippen molar-refractivity contribution in [3.8, 4) is 5.75 Å². The van der Waals surface area contributed by atoms with Gasteiger partial charge in [-0.05, 0) is 49.6 Å². The van der Waals surface area contributed by atoms with Crippen molar-refractivity contribution in [2.75, 3.05) is 23.3 Å². The third kappa shape index (κ3) is 3.54. The van der Waals surface area contributed by atoms with Crippen LogP contribution in [0.3, 0.4) is 0 Å². The average Bonchev–Trinajstić information content (AvgIpc) is 2.67. The summed E-state index contributed by atoms with van der Waals surface area (Å²) in [6.45, 7) is 3.07. The SMILES string of the molecule is CC1(CCc2ccc(O)cc2)CC(=O)C(N2CCNc3ccccc32)C(=O)O1. The number of cyclic esters (lactones) is 1. The molecule has 0 spiro atoms. The van der Waals surface area contributed by atoms with Gasteiger partial charge < -0.3 is 20.1 Å². The molecule has 2 aliphatic rings. The number of phenolic OH excluding ortho intramolecular Hbond substituents is 1. The molecule has 0 aliphatic carbocycles. The number of phenols is 1. The van der Waals surface area contributed by atoms with Gasteiger partial charge in [0.05, 0.1) is 11.4 Å². The van der Waals surface area contributed by atoms with Crippen LogP contribution in [0.4, 0.5) is 11.4 Å². The zero-order valence-corrected chi connectivity index (χ0v) is 15.9. The van der Waals surface area contributed by atoms with E-state index in [1.807, 2.05) is 48.2 Å². The minimum atomic E-state index is -0.884. The Labute approximate surface area is 164 Å². The maximum Gasteiger partial charge on any atom is 0.337 e. The van der Waals surface area contributed by atoms with Gasteiger partial charge in [-0.3, -0.25) is 4.79 Å². The van der Waals surface area contributed by atoms with Crippen LogP contribution in [0.1, 0.15) is 25.3 Å². The molecule has 0 bridgehead atoms.